The maximum absolute atomic E-state index is 8.83. The molecule has 0 heterocycles. The van der Waals surface area contributed by atoms with E-state index in [0.717, 1.165) is 6.42 Å². The summed E-state index contributed by atoms with van der Waals surface area (Å²) < 4.78 is 0. The monoisotopic (exact) mass is 128 g/mol. The third kappa shape index (κ3) is 11.3. The van der Waals surface area contributed by atoms with Crippen LogP contribution in [0.3, 0.4) is 0 Å². The first kappa shape index (κ1) is 11.4. The van der Waals surface area contributed by atoms with E-state index in [1.165, 1.54) is 0 Å². The van der Waals surface area contributed by atoms with Crippen LogP contribution in [0, 0.1) is 0 Å². The van der Waals surface area contributed by atoms with Gasteiger partial charge in [-0.05, 0) is 20.3 Å². The molecule has 0 aliphatic rings. The van der Waals surface area contributed by atoms with E-state index >= 15 is 0 Å². The van der Waals surface area contributed by atoms with Gasteiger partial charge in [-0.1, -0.05) is 6.92 Å². The van der Waals surface area contributed by atoms with Crippen molar-refractivity contribution in [2.24, 2.45) is 0 Å². The van der Waals surface area contributed by atoms with Gasteiger partial charge >= 0.3 is 51.4 Å². The molecular formula is C5H13KO. The molecule has 0 spiro atoms. The molecule has 0 saturated heterocycles. The molecule has 0 aliphatic carbocycles. The zero-order chi connectivity index (χ0) is 5.21. The molecule has 0 unspecified atom stereocenters. The second kappa shape index (κ2) is 4.47. The van der Waals surface area contributed by atoms with Crippen LogP contribution < -0.4 is 0 Å². The standard InChI is InChI=1S/C5H12O.K.H/c1-4-5(2,3)6;;/h6H,4H2,1-3H3;;. The van der Waals surface area contributed by atoms with Gasteiger partial charge in [0.25, 0.3) is 0 Å². The first-order valence-corrected chi connectivity index (χ1v) is 2.28. The number of hydrogen-bond donors (Lipinski definition) is 1. The number of hydrogen-bond acceptors (Lipinski definition) is 1. The Bertz CT molecular complexity index is 37.8. The van der Waals surface area contributed by atoms with Crippen molar-refractivity contribution in [3.8, 4) is 0 Å². The van der Waals surface area contributed by atoms with Gasteiger partial charge in [0.1, 0.15) is 0 Å². The van der Waals surface area contributed by atoms with Crippen LogP contribution in [0.15, 0.2) is 0 Å². The second-order valence-corrected chi connectivity index (χ2v) is 2.17. The summed E-state index contributed by atoms with van der Waals surface area (Å²) in [5.74, 6) is 0. The van der Waals surface area contributed by atoms with E-state index in [2.05, 4.69) is 0 Å². The van der Waals surface area contributed by atoms with Crippen molar-refractivity contribution in [3.05, 3.63) is 0 Å². The molecule has 0 aromatic heterocycles. The molecule has 1 N–H and O–H groups in total. The molecule has 0 atom stereocenters. The number of aliphatic hydroxyl groups is 1. The van der Waals surface area contributed by atoms with Crippen LogP contribution >= 0.6 is 0 Å². The first-order chi connectivity index (χ1) is 2.56. The van der Waals surface area contributed by atoms with Crippen LogP contribution in [-0.2, 0) is 0 Å². The van der Waals surface area contributed by atoms with Crippen molar-refractivity contribution in [2.75, 3.05) is 0 Å². The second-order valence-electron chi connectivity index (χ2n) is 2.17. The van der Waals surface area contributed by atoms with E-state index < -0.39 is 5.60 Å². The van der Waals surface area contributed by atoms with E-state index in [4.69, 9.17) is 5.11 Å². The molecule has 7 heavy (non-hydrogen) atoms. The van der Waals surface area contributed by atoms with Crippen molar-refractivity contribution in [1.82, 2.24) is 0 Å². The third-order valence-electron chi connectivity index (χ3n) is 0.865. The van der Waals surface area contributed by atoms with Crippen molar-refractivity contribution >= 4 is 51.4 Å². The molecule has 0 aliphatic heterocycles. The van der Waals surface area contributed by atoms with Gasteiger partial charge in [-0.2, -0.15) is 0 Å². The minimum absolute atomic E-state index is 0. The molecule has 0 rings (SSSR count). The molecule has 2 heteroatoms. The minimum atomic E-state index is -0.458. The van der Waals surface area contributed by atoms with Gasteiger partial charge in [0, 0.05) is 0 Å². The van der Waals surface area contributed by atoms with Crippen LogP contribution in [0.5, 0.6) is 0 Å². The van der Waals surface area contributed by atoms with Gasteiger partial charge in [-0.25, -0.2) is 0 Å². The van der Waals surface area contributed by atoms with Gasteiger partial charge in [0.2, 0.25) is 0 Å². The Labute approximate surface area is 87.9 Å². The zero-order valence-corrected chi connectivity index (χ0v) is 4.65. The molecule has 0 radical (unpaired) electrons. The molecule has 1 nitrogen and oxygen atoms in total. The van der Waals surface area contributed by atoms with Gasteiger partial charge in [-0.15, -0.1) is 0 Å². The summed E-state index contributed by atoms with van der Waals surface area (Å²) in [7, 11) is 0. The van der Waals surface area contributed by atoms with Crippen molar-refractivity contribution in [3.63, 3.8) is 0 Å². The SMILES string of the molecule is CCC(C)(C)O.[KH]. The Kier molecular flexibility index (Phi) is 7.28. The van der Waals surface area contributed by atoms with Crippen LogP contribution in [0.1, 0.15) is 27.2 Å². The first-order valence-electron chi connectivity index (χ1n) is 2.28. The normalized spacial score (nSPS) is 10.3. The van der Waals surface area contributed by atoms with E-state index in [0.29, 0.717) is 0 Å². The molecule has 0 aromatic carbocycles. The van der Waals surface area contributed by atoms with E-state index in [1.54, 1.807) is 13.8 Å². The average molecular weight is 128 g/mol. The third-order valence-corrected chi connectivity index (χ3v) is 0.865. The van der Waals surface area contributed by atoms with Crippen molar-refractivity contribution in [1.29, 1.82) is 0 Å². The summed E-state index contributed by atoms with van der Waals surface area (Å²) in [5.41, 5.74) is -0.458. The molecule has 0 bridgehead atoms. The summed E-state index contributed by atoms with van der Waals surface area (Å²) in [5, 5.41) is 8.83. The summed E-state index contributed by atoms with van der Waals surface area (Å²) in [6.45, 7) is 5.56. The predicted octanol–water partition coefficient (Wildman–Crippen LogP) is 0.519. The topological polar surface area (TPSA) is 20.2 Å². The molecule has 0 saturated carbocycles. The molecule has 0 aromatic rings. The van der Waals surface area contributed by atoms with Crippen molar-refractivity contribution in [2.45, 2.75) is 32.8 Å². The Morgan fingerprint density at radius 3 is 1.57 bits per heavy atom. The van der Waals surface area contributed by atoms with Crippen molar-refractivity contribution < 1.29 is 5.11 Å². The zero-order valence-electron chi connectivity index (χ0n) is 4.65. The van der Waals surface area contributed by atoms with E-state index in [9.17, 15) is 0 Å². The fraction of sp³-hybridized carbons (Fsp3) is 1.00. The Hall–Kier alpha value is 1.60. The van der Waals surface area contributed by atoms with Gasteiger partial charge in [0.15, 0.2) is 0 Å². The summed E-state index contributed by atoms with van der Waals surface area (Å²) in [6.07, 6.45) is 0.826. The number of rotatable bonds is 1. The molecule has 0 fully saturated rings. The Morgan fingerprint density at radius 2 is 1.57 bits per heavy atom. The fourth-order valence-electron chi connectivity index (χ4n) is 0. The summed E-state index contributed by atoms with van der Waals surface area (Å²) >= 11 is 0. The van der Waals surface area contributed by atoms with Crippen LogP contribution in [-0.4, -0.2) is 62.1 Å². The predicted molar refractivity (Wildman–Crippen MR) is 33.7 cm³/mol. The molecular weight excluding hydrogens is 115 g/mol. The summed E-state index contributed by atoms with van der Waals surface area (Å²) in [6, 6.07) is 0. The van der Waals surface area contributed by atoms with Gasteiger partial charge < -0.3 is 5.11 Å². The van der Waals surface area contributed by atoms with E-state index in [-0.39, 0.29) is 51.4 Å². The fourth-order valence-corrected chi connectivity index (χ4v) is 0. The Morgan fingerprint density at radius 1 is 1.43 bits per heavy atom. The maximum atomic E-state index is 8.83. The van der Waals surface area contributed by atoms with Crippen LogP contribution in [0.4, 0.5) is 0 Å². The van der Waals surface area contributed by atoms with Gasteiger partial charge in [0.05, 0.1) is 5.60 Å². The van der Waals surface area contributed by atoms with Crippen LogP contribution in [0.2, 0.25) is 0 Å². The van der Waals surface area contributed by atoms with Crippen LogP contribution in [0.25, 0.3) is 0 Å². The van der Waals surface area contributed by atoms with Gasteiger partial charge in [-0.3, -0.25) is 0 Å². The molecule has 0 amide bonds. The molecule has 40 valence electrons. The quantitative estimate of drug-likeness (QED) is 0.510. The Balaban J connectivity index is 0. The average Bonchev–Trinajstić information content (AvgIpc) is 1.35. The summed E-state index contributed by atoms with van der Waals surface area (Å²) in [4.78, 5) is 0. The van der Waals surface area contributed by atoms with E-state index in [1.807, 2.05) is 6.92 Å².